The number of rotatable bonds is 2. The van der Waals surface area contributed by atoms with Gasteiger partial charge in [-0.15, -0.1) is 0 Å². The second-order valence-corrected chi connectivity index (χ2v) is 8.43. The largest absolute Gasteiger partial charge is 0.353 e. The van der Waals surface area contributed by atoms with Crippen molar-refractivity contribution in [3.8, 4) is 0 Å². The van der Waals surface area contributed by atoms with Crippen molar-refractivity contribution in [2.24, 2.45) is 11.8 Å². The van der Waals surface area contributed by atoms with E-state index in [1.807, 2.05) is 83.8 Å². The first-order valence-electron chi connectivity index (χ1n) is 10.5. The summed E-state index contributed by atoms with van der Waals surface area (Å²) in [5, 5.41) is 1.82. The third kappa shape index (κ3) is 2.34. The lowest BCUT2D eigenvalue weighted by molar-refractivity contribution is -0.126. The minimum atomic E-state index is -0.690. The third-order valence-corrected chi connectivity index (χ3v) is 6.84. The summed E-state index contributed by atoms with van der Waals surface area (Å²) in [6.45, 7) is 1.52. The maximum atomic E-state index is 13.7. The van der Waals surface area contributed by atoms with Crippen LogP contribution in [0.15, 0.2) is 72.8 Å². The first kappa shape index (κ1) is 18.1. The van der Waals surface area contributed by atoms with Gasteiger partial charge in [-0.05, 0) is 30.0 Å². The normalized spacial score (nSPS) is 26.2. The smallest absolute Gasteiger partial charge is 0.240 e. The Balaban J connectivity index is 1.50. The second kappa shape index (κ2) is 6.38. The zero-order valence-electron chi connectivity index (χ0n) is 16.9. The van der Waals surface area contributed by atoms with Gasteiger partial charge in [0.1, 0.15) is 6.04 Å². The van der Waals surface area contributed by atoms with Gasteiger partial charge in [-0.1, -0.05) is 66.7 Å². The highest BCUT2D eigenvalue weighted by Gasteiger charge is 2.63. The Morgan fingerprint density at radius 3 is 2.32 bits per heavy atom. The van der Waals surface area contributed by atoms with Crippen LogP contribution >= 0.6 is 0 Å². The standard InChI is InChI=1S/C26H20N2O3/c1-15(29)24-23-22(21-14-13-17-8-3-5-11-19(17)27(21)24)25(30)28(26(23)31)20-12-6-9-16-7-2-4-10-18(16)20/h2-14,21-24H,1H3. The first-order valence-corrected chi connectivity index (χ1v) is 10.5. The van der Waals surface area contributed by atoms with Crippen molar-refractivity contribution in [2.45, 2.75) is 19.0 Å². The summed E-state index contributed by atoms with van der Waals surface area (Å²) in [5.74, 6) is -1.88. The molecule has 3 aromatic carbocycles. The van der Waals surface area contributed by atoms with E-state index in [1.165, 1.54) is 11.8 Å². The minimum absolute atomic E-state index is 0.0940. The number of para-hydroxylation sites is 1. The molecule has 0 N–H and O–H groups in total. The molecule has 0 bridgehead atoms. The van der Waals surface area contributed by atoms with Crippen molar-refractivity contribution < 1.29 is 14.4 Å². The summed E-state index contributed by atoms with van der Waals surface area (Å²) in [7, 11) is 0. The SMILES string of the molecule is CC(=O)C1C2C(=O)N(c3cccc4ccccc34)C(=O)C2C2C=Cc3ccccc3N21. The van der Waals surface area contributed by atoms with Crippen molar-refractivity contribution >= 4 is 45.8 Å². The van der Waals surface area contributed by atoms with Gasteiger partial charge < -0.3 is 4.90 Å². The van der Waals surface area contributed by atoms with E-state index in [2.05, 4.69) is 0 Å². The van der Waals surface area contributed by atoms with Crippen LogP contribution in [0, 0.1) is 11.8 Å². The number of fused-ring (bicyclic) bond motifs is 6. The number of imide groups is 1. The molecule has 3 aliphatic rings. The summed E-state index contributed by atoms with van der Waals surface area (Å²) >= 11 is 0. The second-order valence-electron chi connectivity index (χ2n) is 8.43. The molecule has 3 aromatic rings. The van der Waals surface area contributed by atoms with Gasteiger partial charge in [0, 0.05) is 11.1 Å². The molecule has 2 saturated heterocycles. The fourth-order valence-corrected chi connectivity index (χ4v) is 5.61. The Morgan fingerprint density at radius 2 is 1.48 bits per heavy atom. The number of Topliss-reactive ketones (excluding diaryl/α,β-unsaturated/α-hetero) is 1. The molecule has 4 unspecified atom stereocenters. The monoisotopic (exact) mass is 408 g/mol. The summed E-state index contributed by atoms with van der Waals surface area (Å²) in [6.07, 6.45) is 3.97. The van der Waals surface area contributed by atoms with Crippen LogP contribution in [0.5, 0.6) is 0 Å². The third-order valence-electron chi connectivity index (χ3n) is 6.84. The van der Waals surface area contributed by atoms with Crippen molar-refractivity contribution in [3.63, 3.8) is 0 Å². The maximum Gasteiger partial charge on any atom is 0.240 e. The molecule has 0 radical (unpaired) electrons. The number of benzene rings is 3. The molecule has 4 atom stereocenters. The molecule has 2 fully saturated rings. The molecule has 0 aromatic heterocycles. The Morgan fingerprint density at radius 1 is 0.806 bits per heavy atom. The molecule has 3 aliphatic heterocycles. The molecule has 3 heterocycles. The molecule has 31 heavy (non-hydrogen) atoms. The summed E-state index contributed by atoms with van der Waals surface area (Å²) in [6, 6.07) is 20.2. The predicted octanol–water partition coefficient (Wildman–Crippen LogP) is 3.82. The zero-order valence-corrected chi connectivity index (χ0v) is 16.9. The lowest BCUT2D eigenvalue weighted by atomic mass is 9.88. The van der Waals surface area contributed by atoms with E-state index < -0.39 is 17.9 Å². The predicted molar refractivity (Wildman–Crippen MR) is 120 cm³/mol. The van der Waals surface area contributed by atoms with Gasteiger partial charge in [-0.3, -0.25) is 14.4 Å². The van der Waals surface area contributed by atoms with Crippen LogP contribution in [0.25, 0.3) is 16.8 Å². The maximum absolute atomic E-state index is 13.7. The average molecular weight is 408 g/mol. The quantitative estimate of drug-likeness (QED) is 0.605. The number of amides is 2. The number of nitrogens with zero attached hydrogens (tertiary/aromatic N) is 2. The summed E-state index contributed by atoms with van der Waals surface area (Å²) in [5.41, 5.74) is 2.49. The summed E-state index contributed by atoms with van der Waals surface area (Å²) < 4.78 is 0. The van der Waals surface area contributed by atoms with E-state index in [9.17, 15) is 14.4 Å². The van der Waals surface area contributed by atoms with Crippen molar-refractivity contribution in [3.05, 3.63) is 78.4 Å². The lowest BCUT2D eigenvalue weighted by Gasteiger charge is -2.36. The van der Waals surface area contributed by atoms with Gasteiger partial charge in [0.2, 0.25) is 11.8 Å². The highest BCUT2D eigenvalue weighted by Crippen LogP contribution is 2.49. The van der Waals surface area contributed by atoms with Gasteiger partial charge in [0.25, 0.3) is 0 Å². The van der Waals surface area contributed by atoms with Crippen molar-refractivity contribution in [1.82, 2.24) is 0 Å². The highest BCUT2D eigenvalue weighted by molar-refractivity contribution is 6.27. The average Bonchev–Trinajstić information content (AvgIpc) is 3.26. The van der Waals surface area contributed by atoms with Crippen LogP contribution in [0.4, 0.5) is 11.4 Å². The molecular weight excluding hydrogens is 388 g/mol. The van der Waals surface area contributed by atoms with Gasteiger partial charge in [0.05, 0.1) is 23.6 Å². The first-order chi connectivity index (χ1) is 15.1. The van der Waals surface area contributed by atoms with Crippen LogP contribution in [0.3, 0.4) is 0 Å². The molecule has 5 nitrogen and oxygen atoms in total. The van der Waals surface area contributed by atoms with E-state index in [-0.39, 0.29) is 23.6 Å². The molecule has 0 aliphatic carbocycles. The van der Waals surface area contributed by atoms with Gasteiger partial charge >= 0.3 is 0 Å². The molecule has 152 valence electrons. The molecule has 2 amide bonds. The fraction of sp³-hybridized carbons (Fsp3) is 0.192. The number of ketones is 1. The Bertz CT molecular complexity index is 1310. The Hall–Kier alpha value is -3.73. The lowest BCUT2D eigenvalue weighted by Crippen LogP contribution is -2.48. The van der Waals surface area contributed by atoms with Crippen molar-refractivity contribution in [1.29, 1.82) is 0 Å². The van der Waals surface area contributed by atoms with Gasteiger partial charge in [0.15, 0.2) is 5.78 Å². The minimum Gasteiger partial charge on any atom is -0.353 e. The number of hydrogen-bond donors (Lipinski definition) is 0. The van der Waals surface area contributed by atoms with Crippen LogP contribution in [0.1, 0.15) is 12.5 Å². The number of carbonyl (C=O) groups excluding carboxylic acids is 3. The van der Waals surface area contributed by atoms with Crippen LogP contribution in [0.2, 0.25) is 0 Å². The van der Waals surface area contributed by atoms with Crippen LogP contribution in [-0.2, 0) is 14.4 Å². The van der Waals surface area contributed by atoms with Crippen LogP contribution in [-0.4, -0.2) is 29.7 Å². The van der Waals surface area contributed by atoms with E-state index >= 15 is 0 Å². The van der Waals surface area contributed by atoms with E-state index in [4.69, 9.17) is 0 Å². The molecule has 5 heteroatoms. The molecule has 0 saturated carbocycles. The Labute approximate surface area is 179 Å². The van der Waals surface area contributed by atoms with Gasteiger partial charge in [-0.2, -0.15) is 0 Å². The number of anilines is 2. The Kier molecular flexibility index (Phi) is 3.72. The fourth-order valence-electron chi connectivity index (χ4n) is 5.61. The molecule has 6 rings (SSSR count). The van der Waals surface area contributed by atoms with E-state index in [0.717, 1.165) is 22.0 Å². The zero-order chi connectivity index (χ0) is 21.3. The summed E-state index contributed by atoms with van der Waals surface area (Å²) in [4.78, 5) is 43.5. The number of hydrogen-bond acceptors (Lipinski definition) is 4. The van der Waals surface area contributed by atoms with Crippen LogP contribution < -0.4 is 9.80 Å². The van der Waals surface area contributed by atoms with E-state index in [1.54, 1.807) is 0 Å². The van der Waals surface area contributed by atoms with Gasteiger partial charge in [-0.25, -0.2) is 4.90 Å². The highest BCUT2D eigenvalue weighted by atomic mass is 16.2. The topological polar surface area (TPSA) is 57.7 Å². The number of carbonyl (C=O) groups is 3. The molecule has 0 spiro atoms. The molecular formula is C26H20N2O3. The van der Waals surface area contributed by atoms with E-state index in [0.29, 0.717) is 5.69 Å². The van der Waals surface area contributed by atoms with Crippen molar-refractivity contribution in [2.75, 3.05) is 9.80 Å².